The summed E-state index contributed by atoms with van der Waals surface area (Å²) >= 11 is 5.78. The molecule has 1 nitrogen and oxygen atoms in total. The molecule has 2 unspecified atom stereocenters. The second-order valence-electron chi connectivity index (χ2n) is 6.96. The lowest BCUT2D eigenvalue weighted by Crippen LogP contribution is -2.46. The first kappa shape index (κ1) is 16.8. The van der Waals surface area contributed by atoms with Crippen LogP contribution in [0.25, 0.3) is 0 Å². The summed E-state index contributed by atoms with van der Waals surface area (Å²) in [7, 11) is 0. The van der Waals surface area contributed by atoms with Crippen molar-refractivity contribution in [3.05, 3.63) is 34.6 Å². The third-order valence-corrected chi connectivity index (χ3v) is 5.29. The summed E-state index contributed by atoms with van der Waals surface area (Å²) in [6.45, 7) is 7.85. The van der Waals surface area contributed by atoms with Gasteiger partial charge in [0.2, 0.25) is 0 Å². The molecular formula is C18H27ClFN. The van der Waals surface area contributed by atoms with Gasteiger partial charge in [0.25, 0.3) is 0 Å². The van der Waals surface area contributed by atoms with Crippen LogP contribution < -0.4 is 5.32 Å². The van der Waals surface area contributed by atoms with Gasteiger partial charge in [0.05, 0.1) is 5.02 Å². The molecule has 118 valence electrons. The van der Waals surface area contributed by atoms with Gasteiger partial charge in [-0.15, -0.1) is 0 Å². The zero-order valence-electron chi connectivity index (χ0n) is 13.4. The molecule has 1 fully saturated rings. The van der Waals surface area contributed by atoms with E-state index < -0.39 is 0 Å². The average molecular weight is 312 g/mol. The minimum Gasteiger partial charge on any atom is -0.314 e. The smallest absolute Gasteiger partial charge is 0.142 e. The Morgan fingerprint density at radius 2 is 2.14 bits per heavy atom. The normalized spacial score (nSPS) is 23.0. The first-order valence-electron chi connectivity index (χ1n) is 8.11. The molecule has 0 amide bonds. The highest BCUT2D eigenvalue weighted by molar-refractivity contribution is 6.30. The fraction of sp³-hybridized carbons (Fsp3) is 0.667. The zero-order valence-corrected chi connectivity index (χ0v) is 14.1. The number of nitrogens with one attached hydrogen (secondary N) is 1. The Hall–Kier alpha value is -0.600. The average Bonchev–Trinajstić information content (AvgIpc) is 2.42. The highest BCUT2D eigenvalue weighted by atomic mass is 35.5. The highest BCUT2D eigenvalue weighted by Gasteiger charge is 2.37. The van der Waals surface area contributed by atoms with E-state index in [0.29, 0.717) is 17.4 Å². The minimum atomic E-state index is -0.313. The van der Waals surface area contributed by atoms with Crippen molar-refractivity contribution in [3.8, 4) is 0 Å². The van der Waals surface area contributed by atoms with Crippen molar-refractivity contribution >= 4 is 11.6 Å². The van der Waals surface area contributed by atoms with Crippen LogP contribution in [0.2, 0.25) is 5.02 Å². The number of likely N-dealkylation sites (N-methyl/N-ethyl adjacent to an activating group) is 1. The lowest BCUT2D eigenvalue weighted by molar-refractivity contribution is 0.0987. The van der Waals surface area contributed by atoms with Crippen LogP contribution in [0.15, 0.2) is 18.2 Å². The molecule has 0 bridgehead atoms. The summed E-state index contributed by atoms with van der Waals surface area (Å²) in [6, 6.07) is 5.61. The summed E-state index contributed by atoms with van der Waals surface area (Å²) in [5.41, 5.74) is 1.39. The van der Waals surface area contributed by atoms with Crippen molar-refractivity contribution in [1.29, 1.82) is 0 Å². The summed E-state index contributed by atoms with van der Waals surface area (Å²) in [4.78, 5) is 0. The van der Waals surface area contributed by atoms with Crippen molar-refractivity contribution in [1.82, 2.24) is 5.32 Å². The van der Waals surface area contributed by atoms with Crippen LogP contribution in [0.4, 0.5) is 4.39 Å². The van der Waals surface area contributed by atoms with Crippen LogP contribution in [0.3, 0.4) is 0 Å². The first-order valence-corrected chi connectivity index (χ1v) is 8.49. The van der Waals surface area contributed by atoms with Gasteiger partial charge in [-0.1, -0.05) is 51.3 Å². The molecule has 0 spiro atoms. The Labute approximate surface area is 133 Å². The van der Waals surface area contributed by atoms with E-state index >= 15 is 0 Å². The summed E-state index contributed by atoms with van der Waals surface area (Å²) in [5, 5.41) is 3.84. The van der Waals surface area contributed by atoms with E-state index in [0.717, 1.165) is 18.5 Å². The molecule has 1 N–H and O–H groups in total. The first-order chi connectivity index (χ1) is 9.94. The molecular weight excluding hydrogens is 285 g/mol. The number of halogens is 2. The topological polar surface area (TPSA) is 12.0 Å². The van der Waals surface area contributed by atoms with Gasteiger partial charge in [-0.2, -0.15) is 0 Å². The minimum absolute atomic E-state index is 0.205. The van der Waals surface area contributed by atoms with Crippen molar-refractivity contribution in [2.45, 2.75) is 58.9 Å². The SMILES string of the molecule is CCNC(Cc1ccc(Cl)c(F)c1)C1CCCCC1(C)C. The largest absolute Gasteiger partial charge is 0.314 e. The quantitative estimate of drug-likeness (QED) is 0.786. The Kier molecular flexibility index (Phi) is 5.67. The third kappa shape index (κ3) is 4.20. The van der Waals surface area contributed by atoms with Crippen molar-refractivity contribution in [2.24, 2.45) is 11.3 Å². The lowest BCUT2D eigenvalue weighted by Gasteiger charge is -2.43. The Balaban J connectivity index is 2.16. The Bertz CT molecular complexity index is 472. The van der Waals surface area contributed by atoms with E-state index in [1.54, 1.807) is 12.1 Å². The van der Waals surface area contributed by atoms with Gasteiger partial charge in [-0.3, -0.25) is 0 Å². The molecule has 2 atom stereocenters. The van der Waals surface area contributed by atoms with E-state index in [4.69, 9.17) is 11.6 Å². The molecule has 3 heteroatoms. The fourth-order valence-corrected chi connectivity index (χ4v) is 3.92. The molecule has 1 aliphatic carbocycles. The van der Waals surface area contributed by atoms with Crippen molar-refractivity contribution in [2.75, 3.05) is 6.54 Å². The second-order valence-corrected chi connectivity index (χ2v) is 7.36. The van der Waals surface area contributed by atoms with Crippen LogP contribution in [0, 0.1) is 17.2 Å². The van der Waals surface area contributed by atoms with Gasteiger partial charge in [-0.05, 0) is 54.8 Å². The van der Waals surface area contributed by atoms with Crippen LogP contribution in [0.5, 0.6) is 0 Å². The van der Waals surface area contributed by atoms with Crippen LogP contribution in [-0.4, -0.2) is 12.6 Å². The number of benzene rings is 1. The fourth-order valence-electron chi connectivity index (χ4n) is 3.81. The van der Waals surface area contributed by atoms with Gasteiger partial charge in [0.15, 0.2) is 0 Å². The van der Waals surface area contributed by atoms with Crippen LogP contribution >= 0.6 is 11.6 Å². The van der Waals surface area contributed by atoms with Crippen LogP contribution in [0.1, 0.15) is 52.0 Å². The molecule has 1 aromatic rings. The molecule has 1 aromatic carbocycles. The lowest BCUT2D eigenvalue weighted by atomic mass is 9.65. The van der Waals surface area contributed by atoms with Gasteiger partial charge < -0.3 is 5.32 Å². The maximum absolute atomic E-state index is 13.7. The Morgan fingerprint density at radius 1 is 1.38 bits per heavy atom. The maximum atomic E-state index is 13.7. The van der Waals surface area contributed by atoms with Gasteiger partial charge in [0, 0.05) is 6.04 Å². The standard InChI is InChI=1S/C18H27ClFN/c1-4-21-17(14-7-5-6-10-18(14,2)3)12-13-8-9-15(19)16(20)11-13/h8-9,11,14,17,21H,4-7,10,12H2,1-3H3. The zero-order chi connectivity index (χ0) is 15.5. The molecule has 0 heterocycles. The monoisotopic (exact) mass is 311 g/mol. The summed E-state index contributed by atoms with van der Waals surface area (Å²) in [5.74, 6) is 0.331. The number of rotatable bonds is 5. The maximum Gasteiger partial charge on any atom is 0.142 e. The predicted molar refractivity (Wildman–Crippen MR) is 88.3 cm³/mol. The number of hydrogen-bond acceptors (Lipinski definition) is 1. The van der Waals surface area contributed by atoms with E-state index in [9.17, 15) is 4.39 Å². The summed E-state index contributed by atoms with van der Waals surface area (Å²) < 4.78 is 13.7. The van der Waals surface area contributed by atoms with Gasteiger partial charge in [-0.25, -0.2) is 4.39 Å². The highest BCUT2D eigenvalue weighted by Crippen LogP contribution is 2.43. The van der Waals surface area contributed by atoms with Crippen LogP contribution in [-0.2, 0) is 6.42 Å². The predicted octanol–water partition coefficient (Wildman–Crippen LogP) is 5.22. The molecule has 0 radical (unpaired) electrons. The summed E-state index contributed by atoms with van der Waals surface area (Å²) in [6.07, 6.45) is 6.06. The molecule has 0 aromatic heterocycles. The van der Waals surface area contributed by atoms with Gasteiger partial charge in [0.1, 0.15) is 5.82 Å². The molecule has 2 rings (SSSR count). The number of hydrogen-bond donors (Lipinski definition) is 1. The third-order valence-electron chi connectivity index (χ3n) is 4.98. The van der Waals surface area contributed by atoms with Gasteiger partial charge >= 0.3 is 0 Å². The molecule has 21 heavy (non-hydrogen) atoms. The van der Waals surface area contributed by atoms with E-state index in [-0.39, 0.29) is 10.8 Å². The second kappa shape index (κ2) is 7.11. The van der Waals surface area contributed by atoms with E-state index in [1.165, 1.54) is 25.7 Å². The Morgan fingerprint density at radius 3 is 2.76 bits per heavy atom. The van der Waals surface area contributed by atoms with E-state index in [1.807, 2.05) is 6.07 Å². The molecule has 1 saturated carbocycles. The molecule has 0 saturated heterocycles. The molecule has 0 aliphatic heterocycles. The van der Waals surface area contributed by atoms with Crippen molar-refractivity contribution < 1.29 is 4.39 Å². The van der Waals surface area contributed by atoms with E-state index in [2.05, 4.69) is 26.1 Å². The van der Waals surface area contributed by atoms with Crippen molar-refractivity contribution in [3.63, 3.8) is 0 Å². The molecule has 1 aliphatic rings.